The van der Waals surface area contributed by atoms with Gasteiger partial charge in [0.15, 0.2) is 0 Å². The Morgan fingerprint density at radius 2 is 1.39 bits per heavy atom. The van der Waals surface area contributed by atoms with Gasteiger partial charge in [-0.05, 0) is 66.1 Å². The fourth-order valence-corrected chi connectivity index (χ4v) is 3.34. The van der Waals surface area contributed by atoms with Crippen LogP contribution >= 0.6 is 0 Å². The maximum Gasteiger partial charge on any atom is 0.285 e. The Hall–Kier alpha value is -3.10. The molecule has 0 aromatic heterocycles. The maximum absolute atomic E-state index is 3.60. The molecule has 0 aliphatic heterocycles. The topological polar surface area (TPSA) is 26.0 Å². The minimum absolute atomic E-state index is 0. The van der Waals surface area contributed by atoms with E-state index in [1.54, 1.807) is 0 Å². The lowest BCUT2D eigenvalue weighted by Gasteiger charge is -2.08. The molecule has 140 valence electrons. The smallest absolute Gasteiger partial charge is 0.285 e. The van der Waals surface area contributed by atoms with Crippen molar-refractivity contribution in [1.29, 1.82) is 0 Å². The molecule has 2 nitrogen and oxygen atoms in total. The van der Waals surface area contributed by atoms with Crippen molar-refractivity contribution >= 4 is 28.0 Å². The predicted octanol–water partition coefficient (Wildman–Crippen LogP) is 1.73. The van der Waals surface area contributed by atoms with E-state index in [4.69, 9.17) is 0 Å². The third-order valence-corrected chi connectivity index (χ3v) is 4.63. The quantitative estimate of drug-likeness (QED) is 0.407. The predicted molar refractivity (Wildman–Crippen MR) is 115 cm³/mol. The van der Waals surface area contributed by atoms with Crippen LogP contribution < -0.4 is 22.7 Å². The molecule has 0 radical (unpaired) electrons. The van der Waals surface area contributed by atoms with Crippen LogP contribution in [0.15, 0.2) is 91.0 Å². The lowest BCUT2D eigenvalue weighted by molar-refractivity contribution is -0.352. The third kappa shape index (κ3) is 4.41. The number of rotatable bonds is 3. The maximum atomic E-state index is 3.60. The van der Waals surface area contributed by atoms with Gasteiger partial charge < -0.3 is 12.4 Å². The molecule has 0 unspecified atom stereocenters. The summed E-state index contributed by atoms with van der Waals surface area (Å²) in [5.74, 6) is 0.975. The normalized spacial score (nSPS) is 11.1. The van der Waals surface area contributed by atoms with E-state index >= 15 is 0 Å². The van der Waals surface area contributed by atoms with Crippen molar-refractivity contribution in [3.05, 3.63) is 108 Å². The van der Waals surface area contributed by atoms with Crippen LogP contribution in [-0.4, -0.2) is 5.84 Å². The minimum Gasteiger partial charge on any atom is -1.00 e. The van der Waals surface area contributed by atoms with Gasteiger partial charge in [0.1, 0.15) is 11.4 Å². The summed E-state index contributed by atoms with van der Waals surface area (Å²) in [5, 5.41) is 6.05. The summed E-state index contributed by atoms with van der Waals surface area (Å²) in [5.41, 5.74) is 5.74. The highest BCUT2D eigenvalue weighted by Gasteiger charge is 2.15. The SMILES string of the molecule is Cc1cccc(NC(=[NH+]c2cccc(C)c2)c2cccc3ccccc23)c1.[Cl-]. The van der Waals surface area contributed by atoms with Crippen molar-refractivity contribution in [3.63, 3.8) is 0 Å². The molecule has 0 spiro atoms. The Morgan fingerprint density at radius 1 is 0.714 bits per heavy atom. The number of nitrogens with one attached hydrogen (secondary N) is 2. The first-order chi connectivity index (χ1) is 13.2. The van der Waals surface area contributed by atoms with Crippen LogP contribution in [0.3, 0.4) is 0 Å². The largest absolute Gasteiger partial charge is 1.00 e. The first kappa shape index (κ1) is 19.7. The van der Waals surface area contributed by atoms with E-state index in [-0.39, 0.29) is 12.4 Å². The van der Waals surface area contributed by atoms with Gasteiger partial charge in [-0.25, -0.2) is 10.3 Å². The number of halogens is 1. The van der Waals surface area contributed by atoms with Gasteiger partial charge in [0.2, 0.25) is 0 Å². The van der Waals surface area contributed by atoms with Crippen LogP contribution in [0, 0.1) is 13.8 Å². The molecular weight excluding hydrogens is 364 g/mol. The molecule has 4 aromatic carbocycles. The van der Waals surface area contributed by atoms with Crippen molar-refractivity contribution < 1.29 is 17.4 Å². The summed E-state index contributed by atoms with van der Waals surface area (Å²) in [7, 11) is 0. The average molecular weight is 387 g/mol. The second-order valence-electron chi connectivity index (χ2n) is 6.89. The average Bonchev–Trinajstić information content (AvgIpc) is 2.67. The van der Waals surface area contributed by atoms with Crippen molar-refractivity contribution in [2.75, 3.05) is 5.32 Å². The summed E-state index contributed by atoms with van der Waals surface area (Å²) in [6.45, 7) is 4.22. The van der Waals surface area contributed by atoms with Crippen LogP contribution in [-0.2, 0) is 0 Å². The molecule has 0 saturated carbocycles. The Bertz CT molecular complexity index is 1130. The molecule has 4 aromatic rings. The first-order valence-corrected chi connectivity index (χ1v) is 9.21. The van der Waals surface area contributed by atoms with E-state index in [1.807, 2.05) is 0 Å². The molecule has 0 aliphatic rings. The Labute approximate surface area is 172 Å². The fraction of sp³-hybridized carbons (Fsp3) is 0.0800. The number of benzene rings is 4. The number of hydrogen-bond donors (Lipinski definition) is 2. The van der Waals surface area contributed by atoms with E-state index < -0.39 is 0 Å². The van der Waals surface area contributed by atoms with E-state index in [0.29, 0.717) is 0 Å². The Morgan fingerprint density at radius 3 is 2.18 bits per heavy atom. The standard InChI is InChI=1S/C25H22N2.ClH/c1-18-8-5-12-21(16-18)26-25(27-22-13-6-9-19(2)17-22)24-15-7-11-20-10-3-4-14-23(20)24;/h3-17H,1-2H3,(H,26,27);1H. The van der Waals surface area contributed by atoms with Crippen LogP contribution in [0.1, 0.15) is 16.7 Å². The summed E-state index contributed by atoms with van der Waals surface area (Å²) in [6, 6.07) is 31.8. The zero-order valence-electron chi connectivity index (χ0n) is 16.0. The highest BCUT2D eigenvalue weighted by molar-refractivity contribution is 6.13. The lowest BCUT2D eigenvalue weighted by Crippen LogP contribution is -3.00. The zero-order chi connectivity index (χ0) is 18.6. The first-order valence-electron chi connectivity index (χ1n) is 9.21. The van der Waals surface area contributed by atoms with Crippen LogP contribution in [0.25, 0.3) is 10.8 Å². The van der Waals surface area contributed by atoms with Gasteiger partial charge in [0, 0.05) is 0 Å². The van der Waals surface area contributed by atoms with Gasteiger partial charge >= 0.3 is 0 Å². The van der Waals surface area contributed by atoms with Crippen molar-refractivity contribution in [2.45, 2.75) is 13.8 Å². The van der Waals surface area contributed by atoms with Gasteiger partial charge in [-0.3, -0.25) is 0 Å². The van der Waals surface area contributed by atoms with Gasteiger partial charge in [-0.1, -0.05) is 60.7 Å². The summed E-state index contributed by atoms with van der Waals surface area (Å²) in [4.78, 5) is 3.60. The second kappa shape index (κ2) is 8.73. The Balaban J connectivity index is 0.00000225. The summed E-state index contributed by atoms with van der Waals surface area (Å²) in [6.07, 6.45) is 0. The highest BCUT2D eigenvalue weighted by atomic mass is 35.5. The number of anilines is 1. The van der Waals surface area contributed by atoms with Crippen molar-refractivity contribution in [2.24, 2.45) is 0 Å². The lowest BCUT2D eigenvalue weighted by atomic mass is 10.0. The molecule has 3 heteroatoms. The van der Waals surface area contributed by atoms with Crippen molar-refractivity contribution in [3.8, 4) is 0 Å². The van der Waals surface area contributed by atoms with E-state index in [1.165, 1.54) is 21.9 Å². The molecule has 0 fully saturated rings. The van der Waals surface area contributed by atoms with Gasteiger partial charge in [0.05, 0.1) is 5.56 Å². The van der Waals surface area contributed by atoms with Crippen LogP contribution in [0.5, 0.6) is 0 Å². The molecular formula is C25H23ClN2. The highest BCUT2D eigenvalue weighted by Crippen LogP contribution is 2.20. The molecule has 0 heterocycles. The van der Waals surface area contributed by atoms with Gasteiger partial charge in [-0.15, -0.1) is 0 Å². The van der Waals surface area contributed by atoms with E-state index in [2.05, 4.69) is 115 Å². The minimum atomic E-state index is 0. The molecule has 0 bridgehead atoms. The number of hydrogen-bond acceptors (Lipinski definition) is 0. The summed E-state index contributed by atoms with van der Waals surface area (Å²) >= 11 is 0. The number of amidine groups is 1. The zero-order valence-corrected chi connectivity index (χ0v) is 16.8. The molecule has 4 rings (SSSR count). The molecule has 0 aliphatic carbocycles. The summed E-state index contributed by atoms with van der Waals surface area (Å²) < 4.78 is 0. The molecule has 0 atom stereocenters. The van der Waals surface area contributed by atoms with E-state index in [0.717, 1.165) is 22.8 Å². The third-order valence-electron chi connectivity index (χ3n) is 4.63. The monoisotopic (exact) mass is 386 g/mol. The van der Waals surface area contributed by atoms with Crippen molar-refractivity contribution in [1.82, 2.24) is 0 Å². The molecule has 2 N–H and O–H groups in total. The molecule has 0 amide bonds. The molecule has 0 saturated heterocycles. The van der Waals surface area contributed by atoms with Crippen LogP contribution in [0.4, 0.5) is 11.4 Å². The van der Waals surface area contributed by atoms with Gasteiger partial charge in [0.25, 0.3) is 5.84 Å². The van der Waals surface area contributed by atoms with Gasteiger partial charge in [-0.2, -0.15) is 0 Å². The van der Waals surface area contributed by atoms with Crippen LogP contribution in [0.2, 0.25) is 0 Å². The number of aryl methyl sites for hydroxylation is 2. The Kier molecular flexibility index (Phi) is 6.13. The fourth-order valence-electron chi connectivity index (χ4n) is 3.34. The molecule has 28 heavy (non-hydrogen) atoms. The number of fused-ring (bicyclic) bond motifs is 1. The second-order valence-corrected chi connectivity index (χ2v) is 6.89. The van der Waals surface area contributed by atoms with E-state index in [9.17, 15) is 0 Å².